The summed E-state index contributed by atoms with van der Waals surface area (Å²) in [5.74, 6) is 0. The number of aliphatic hydroxyl groups is 1. The molecule has 0 aliphatic heterocycles. The van der Waals surface area contributed by atoms with Gasteiger partial charge in [0.05, 0.1) is 6.61 Å². The Kier molecular flexibility index (Phi) is 6.98. The third kappa shape index (κ3) is 3.64. The average molecular weight is 216 g/mol. The second kappa shape index (κ2) is 7.42. The number of nitrogens with zero attached hydrogens (tertiary/aromatic N) is 1. The van der Waals surface area contributed by atoms with Gasteiger partial charge in [0.15, 0.2) is 0 Å². The molecule has 2 rings (SSSR count). The minimum Gasteiger partial charge on any atom is -0.444 e. The van der Waals surface area contributed by atoms with Crippen LogP contribution in [0.3, 0.4) is 0 Å². The Bertz CT molecular complexity index is 416. The van der Waals surface area contributed by atoms with Crippen molar-refractivity contribution in [1.29, 1.82) is 0 Å². The minimum absolute atomic E-state index is 0. The van der Waals surface area contributed by atoms with E-state index in [1.54, 1.807) is 0 Å². The zero-order chi connectivity index (χ0) is 10.4. The van der Waals surface area contributed by atoms with Gasteiger partial charge in [-0.25, -0.2) is 0 Å². The molecule has 0 unspecified atom stereocenters. The molecule has 0 saturated heterocycles. The molecule has 2 N–H and O–H groups in total. The van der Waals surface area contributed by atoms with Crippen LogP contribution in [0.25, 0.3) is 10.9 Å². The maximum Gasteiger partial charge on any atom is 1.00 e. The van der Waals surface area contributed by atoms with Gasteiger partial charge >= 0.3 is 29.6 Å². The topological polar surface area (TPSA) is 88.5 Å². The molecule has 0 saturated carbocycles. The number of aliphatic hydroxyl groups excluding tert-OH is 1. The van der Waals surface area contributed by atoms with E-state index in [0.29, 0.717) is 0 Å². The molecule has 15 heavy (non-hydrogen) atoms. The largest absolute Gasteiger partial charge is 1.00 e. The number of hydrogen-bond donors (Lipinski definition) is 2. The number of H-pyrrole nitrogens is 1. The van der Waals surface area contributed by atoms with Crippen molar-refractivity contribution in [3.05, 3.63) is 46.1 Å². The third-order valence-corrected chi connectivity index (χ3v) is 1.85. The first kappa shape index (κ1) is 14.1. The molecule has 0 aliphatic rings. The zero-order valence-corrected chi connectivity index (χ0v) is 10.3. The fourth-order valence-electron chi connectivity index (χ4n) is 1.26. The van der Waals surface area contributed by atoms with Gasteiger partial charge in [-0.1, -0.05) is 18.2 Å². The van der Waals surface area contributed by atoms with Gasteiger partial charge in [0.2, 0.25) is 0 Å². The molecule has 1 heterocycles. The number of aromatic nitrogens is 1. The molecular weight excluding hydrogens is 207 g/mol. The van der Waals surface area contributed by atoms with E-state index < -0.39 is 0 Å². The number of benzene rings is 1. The summed E-state index contributed by atoms with van der Waals surface area (Å²) in [6, 6.07) is 7.93. The van der Waals surface area contributed by atoms with Gasteiger partial charge < -0.3 is 20.2 Å². The van der Waals surface area contributed by atoms with E-state index in [-0.39, 0.29) is 36.2 Å². The Labute approximate surface area is 108 Å². The molecule has 1 aromatic carbocycles. The number of nitrogens with one attached hydrogen (secondary N) is 1. The van der Waals surface area contributed by atoms with E-state index >= 15 is 0 Å². The van der Waals surface area contributed by atoms with Crippen LogP contribution in [0.15, 0.2) is 35.8 Å². The van der Waals surface area contributed by atoms with Crippen LogP contribution in [0, 0.1) is 10.1 Å². The van der Waals surface area contributed by atoms with Crippen LogP contribution in [-0.2, 0) is 6.61 Å². The fourth-order valence-corrected chi connectivity index (χ4v) is 1.26. The molecule has 0 amide bonds. The quantitative estimate of drug-likeness (QED) is 0.361. The predicted molar refractivity (Wildman–Crippen MR) is 53.4 cm³/mol. The molecule has 5 nitrogen and oxygen atoms in total. The smallest absolute Gasteiger partial charge is 0.444 e. The fraction of sp³-hybridized carbons (Fsp3) is 0.111. The van der Waals surface area contributed by atoms with E-state index in [9.17, 15) is 0 Å². The van der Waals surface area contributed by atoms with E-state index in [0.717, 1.165) is 21.8 Å². The van der Waals surface area contributed by atoms with Crippen molar-refractivity contribution in [2.45, 2.75) is 6.61 Å². The van der Waals surface area contributed by atoms with Crippen LogP contribution >= 0.6 is 0 Å². The van der Waals surface area contributed by atoms with Crippen LogP contribution in [0.2, 0.25) is 0 Å². The first-order chi connectivity index (χ1) is 6.83. The zero-order valence-electron chi connectivity index (χ0n) is 8.30. The summed E-state index contributed by atoms with van der Waals surface area (Å²) in [6.07, 6.45) is 1.84. The number of para-hydroxylation sites is 1. The molecule has 0 radical (unpaired) electrons. The van der Waals surface area contributed by atoms with E-state index in [2.05, 4.69) is 4.98 Å². The van der Waals surface area contributed by atoms with Gasteiger partial charge in [0.1, 0.15) is 0 Å². The summed E-state index contributed by atoms with van der Waals surface area (Å²) in [7, 11) is 0. The van der Waals surface area contributed by atoms with Crippen molar-refractivity contribution in [3.63, 3.8) is 0 Å². The molecule has 2 aromatic rings. The van der Waals surface area contributed by atoms with Crippen molar-refractivity contribution < 1.29 is 34.7 Å². The van der Waals surface area contributed by atoms with Gasteiger partial charge in [0, 0.05) is 22.7 Å². The van der Waals surface area contributed by atoms with Crippen LogP contribution in [-0.4, -0.2) is 10.1 Å². The summed E-state index contributed by atoms with van der Waals surface area (Å²) < 4.78 is 0. The minimum atomic E-state index is 0. The Morgan fingerprint density at radius 3 is 2.60 bits per heavy atom. The van der Waals surface area contributed by atoms with Gasteiger partial charge in [-0.3, -0.25) is 0 Å². The Morgan fingerprint density at radius 1 is 1.40 bits per heavy atom. The van der Waals surface area contributed by atoms with Crippen molar-refractivity contribution in [1.82, 2.24) is 4.98 Å². The molecule has 0 aliphatic carbocycles. The molecule has 6 heteroatoms. The van der Waals surface area contributed by atoms with Crippen molar-refractivity contribution in [3.8, 4) is 0 Å². The van der Waals surface area contributed by atoms with Crippen molar-refractivity contribution >= 4 is 10.9 Å². The average Bonchev–Trinajstić information content (AvgIpc) is 2.62. The number of fused-ring (bicyclic) bond motifs is 1. The SMILES string of the molecule is O=N[O-].OCc1c[nH]c2ccccc12.[Na+]. The van der Waals surface area contributed by atoms with Gasteiger partial charge in [-0.2, -0.15) is 0 Å². The van der Waals surface area contributed by atoms with E-state index in [4.69, 9.17) is 15.2 Å². The van der Waals surface area contributed by atoms with Crippen molar-refractivity contribution in [2.24, 2.45) is 5.34 Å². The number of rotatable bonds is 1. The third-order valence-electron chi connectivity index (χ3n) is 1.85. The summed E-state index contributed by atoms with van der Waals surface area (Å²) in [5, 5.41) is 19.0. The Morgan fingerprint density at radius 2 is 2.00 bits per heavy atom. The van der Waals surface area contributed by atoms with Gasteiger partial charge in [0.25, 0.3) is 0 Å². The Balaban J connectivity index is 0.000000443. The van der Waals surface area contributed by atoms with Crippen molar-refractivity contribution in [2.75, 3.05) is 0 Å². The van der Waals surface area contributed by atoms with E-state index in [1.807, 2.05) is 30.5 Å². The summed E-state index contributed by atoms with van der Waals surface area (Å²) in [5.41, 5.74) is 2.04. The first-order valence-corrected chi connectivity index (χ1v) is 3.94. The van der Waals surface area contributed by atoms with E-state index in [1.165, 1.54) is 0 Å². The second-order valence-electron chi connectivity index (χ2n) is 2.59. The van der Waals surface area contributed by atoms with Gasteiger partial charge in [-0.05, 0) is 6.07 Å². The summed E-state index contributed by atoms with van der Waals surface area (Å²) in [6.45, 7) is 0.101. The molecule has 0 bridgehead atoms. The maximum absolute atomic E-state index is 8.90. The molecule has 0 spiro atoms. The monoisotopic (exact) mass is 216 g/mol. The van der Waals surface area contributed by atoms with Crippen LogP contribution < -0.4 is 29.6 Å². The maximum atomic E-state index is 8.90. The normalized spacial score (nSPS) is 8.60. The molecule has 1 aromatic heterocycles. The number of aromatic amines is 1. The Hall–Kier alpha value is -0.880. The van der Waals surface area contributed by atoms with Crippen LogP contribution in [0.5, 0.6) is 0 Å². The van der Waals surface area contributed by atoms with Crippen LogP contribution in [0.4, 0.5) is 0 Å². The first-order valence-electron chi connectivity index (χ1n) is 3.94. The second-order valence-corrected chi connectivity index (χ2v) is 2.59. The number of hydrogen-bond acceptors (Lipinski definition) is 4. The molecular formula is C9H9N2NaO3. The molecule has 74 valence electrons. The summed E-state index contributed by atoms with van der Waals surface area (Å²) in [4.78, 5) is 11.1. The summed E-state index contributed by atoms with van der Waals surface area (Å²) >= 11 is 0. The van der Waals surface area contributed by atoms with Gasteiger partial charge in [-0.15, -0.1) is 5.34 Å². The van der Waals surface area contributed by atoms with Crippen LogP contribution in [0.1, 0.15) is 5.56 Å². The predicted octanol–water partition coefficient (Wildman–Crippen LogP) is -1.09. The molecule has 0 fully saturated rings. The standard InChI is InChI=1S/C9H9NO.HNO2.Na/c11-6-7-5-10-9-4-2-1-3-8(7)9;2-1-3;/h1-5,10-11H,6H2;(H,2,3);/q;;+1/p-1. The molecule has 0 atom stereocenters.